The van der Waals surface area contributed by atoms with Crippen molar-refractivity contribution in [3.8, 4) is 11.1 Å². The van der Waals surface area contributed by atoms with Gasteiger partial charge in [-0.3, -0.25) is 0 Å². The molecule has 0 saturated carbocycles. The van der Waals surface area contributed by atoms with Crippen LogP contribution in [-0.4, -0.2) is 0 Å². The zero-order chi connectivity index (χ0) is 15.4. The first kappa shape index (κ1) is 17.7. The van der Waals surface area contributed by atoms with E-state index in [0.717, 1.165) is 6.42 Å². The summed E-state index contributed by atoms with van der Waals surface area (Å²) in [6.45, 7) is 13.7. The Morgan fingerprint density at radius 3 is 2.18 bits per heavy atom. The van der Waals surface area contributed by atoms with Crippen LogP contribution in [0.4, 0.5) is 0 Å². The van der Waals surface area contributed by atoms with Gasteiger partial charge in [0.2, 0.25) is 0 Å². The maximum atomic E-state index is 3.55. The second-order valence-electron chi connectivity index (χ2n) is 8.29. The summed E-state index contributed by atoms with van der Waals surface area (Å²) in [4.78, 5) is 0. The van der Waals surface area contributed by atoms with Crippen LogP contribution >= 0.6 is 0 Å². The Labute approximate surface area is 154 Å². The Hall–Kier alpha value is -0.677. The van der Waals surface area contributed by atoms with E-state index in [1.54, 1.807) is 0 Å². The predicted octanol–water partition coefficient (Wildman–Crippen LogP) is 5.65. The average molecular weight is 369 g/mol. The second-order valence-corrected chi connectivity index (χ2v) is 8.29. The van der Waals surface area contributed by atoms with E-state index in [1.807, 2.05) is 0 Å². The number of benzene rings is 2. The first-order valence-electron chi connectivity index (χ1n) is 7.86. The molecule has 0 N–H and O–H groups in total. The van der Waals surface area contributed by atoms with Crippen LogP contribution in [0.2, 0.25) is 0 Å². The molecule has 0 aliphatic heterocycles. The van der Waals surface area contributed by atoms with E-state index in [9.17, 15) is 0 Å². The van der Waals surface area contributed by atoms with Gasteiger partial charge in [0.05, 0.1) is 0 Å². The monoisotopic (exact) mass is 367 g/mol. The van der Waals surface area contributed by atoms with Crippen LogP contribution < -0.4 is 0 Å². The molecule has 1 aliphatic carbocycles. The van der Waals surface area contributed by atoms with Gasteiger partial charge in [-0.25, -0.2) is 0 Å². The molecule has 0 aromatic heterocycles. The van der Waals surface area contributed by atoms with Crippen LogP contribution in [0, 0.1) is 6.07 Å². The molecular weight excluding hydrogens is 343 g/mol. The van der Waals surface area contributed by atoms with E-state index < -0.39 is 0 Å². The van der Waals surface area contributed by atoms with Crippen molar-refractivity contribution in [3.05, 3.63) is 58.7 Å². The zero-order valence-electron chi connectivity index (χ0n) is 14.6. The van der Waals surface area contributed by atoms with E-state index >= 15 is 0 Å². The number of rotatable bonds is 0. The number of fused-ring (bicyclic) bond motifs is 3. The molecule has 114 valence electrons. The van der Waals surface area contributed by atoms with Crippen molar-refractivity contribution in [2.24, 2.45) is 0 Å². The van der Waals surface area contributed by atoms with Crippen molar-refractivity contribution in [2.75, 3.05) is 0 Å². The van der Waals surface area contributed by atoms with E-state index in [4.69, 9.17) is 0 Å². The Balaban J connectivity index is 0.00000176. The summed E-state index contributed by atoms with van der Waals surface area (Å²) in [6, 6.07) is 14.9. The van der Waals surface area contributed by atoms with Crippen molar-refractivity contribution in [3.63, 3.8) is 0 Å². The molecule has 22 heavy (non-hydrogen) atoms. The minimum absolute atomic E-state index is 0. The molecule has 1 aliphatic rings. The molecule has 0 heterocycles. The fraction of sp³-hybridized carbons (Fsp3) is 0.429. The van der Waals surface area contributed by atoms with Crippen LogP contribution in [0.1, 0.15) is 63.8 Å². The fourth-order valence-corrected chi connectivity index (χ4v) is 3.26. The normalized spacial score (nSPS) is 13.4. The summed E-state index contributed by atoms with van der Waals surface area (Å²) in [5.41, 5.74) is 8.88. The van der Waals surface area contributed by atoms with Gasteiger partial charge in [0, 0.05) is 26.2 Å². The summed E-state index contributed by atoms with van der Waals surface area (Å²) in [5, 5.41) is 0. The molecule has 2 aromatic rings. The first-order valence-corrected chi connectivity index (χ1v) is 7.86. The SMILES string of the molecule is CC(C)(C)c1c[c-]c2c(c1)-c1cccc(C(C)(C)C)c1C2.[Zr]. The van der Waals surface area contributed by atoms with E-state index in [0.29, 0.717) is 0 Å². The fourth-order valence-electron chi connectivity index (χ4n) is 3.26. The van der Waals surface area contributed by atoms with Crippen LogP contribution in [-0.2, 0) is 43.5 Å². The van der Waals surface area contributed by atoms with Crippen molar-refractivity contribution >= 4 is 0 Å². The molecule has 0 atom stereocenters. The Morgan fingerprint density at radius 2 is 1.59 bits per heavy atom. The largest absolute Gasteiger partial charge is 0.179 e. The summed E-state index contributed by atoms with van der Waals surface area (Å²) < 4.78 is 0. The summed E-state index contributed by atoms with van der Waals surface area (Å²) in [7, 11) is 0. The standard InChI is InChI=1S/C21H25.Zr/c1-20(2,3)15-11-10-14-12-18-16(17(14)13-15)8-7-9-19(18)21(4,5)6;/h7-9,11,13H,12H2,1-6H3;/q-1;. The van der Waals surface area contributed by atoms with Crippen molar-refractivity contribution < 1.29 is 26.2 Å². The Bertz CT molecular complexity index is 697. The van der Waals surface area contributed by atoms with Crippen LogP contribution in [0.5, 0.6) is 0 Å². The third kappa shape index (κ3) is 3.02. The van der Waals surface area contributed by atoms with Crippen molar-refractivity contribution in [1.82, 2.24) is 0 Å². The van der Waals surface area contributed by atoms with Gasteiger partial charge in [0.25, 0.3) is 0 Å². The third-order valence-corrected chi connectivity index (χ3v) is 4.52. The van der Waals surface area contributed by atoms with Gasteiger partial charge in [-0.2, -0.15) is 29.3 Å². The van der Waals surface area contributed by atoms with Crippen LogP contribution in [0.3, 0.4) is 0 Å². The molecule has 1 heteroatoms. The maximum Gasteiger partial charge on any atom is 0 e. The molecule has 0 saturated heterocycles. The minimum Gasteiger partial charge on any atom is -0.179 e. The average Bonchev–Trinajstić information content (AvgIpc) is 2.73. The van der Waals surface area contributed by atoms with Gasteiger partial charge in [-0.1, -0.05) is 70.7 Å². The van der Waals surface area contributed by atoms with E-state index in [-0.39, 0.29) is 37.0 Å². The van der Waals surface area contributed by atoms with Crippen molar-refractivity contribution in [1.29, 1.82) is 0 Å². The first-order chi connectivity index (χ1) is 9.68. The molecule has 2 aromatic carbocycles. The van der Waals surface area contributed by atoms with E-state index in [1.165, 1.54) is 33.4 Å². The molecule has 0 unspecified atom stereocenters. The molecule has 0 bridgehead atoms. The van der Waals surface area contributed by atoms with Crippen LogP contribution in [0.15, 0.2) is 30.3 Å². The zero-order valence-corrected chi connectivity index (χ0v) is 17.1. The Kier molecular flexibility index (Phi) is 4.62. The number of hydrogen-bond acceptors (Lipinski definition) is 0. The molecule has 0 fully saturated rings. The Morgan fingerprint density at radius 1 is 0.909 bits per heavy atom. The van der Waals surface area contributed by atoms with Gasteiger partial charge < -0.3 is 0 Å². The van der Waals surface area contributed by atoms with Crippen molar-refractivity contribution in [2.45, 2.75) is 58.8 Å². The molecule has 0 spiro atoms. The molecule has 0 nitrogen and oxygen atoms in total. The van der Waals surface area contributed by atoms with Gasteiger partial charge in [-0.05, 0) is 23.0 Å². The third-order valence-electron chi connectivity index (χ3n) is 4.52. The van der Waals surface area contributed by atoms with Gasteiger partial charge in [-0.15, -0.1) is 5.56 Å². The maximum absolute atomic E-state index is 3.55. The smallest absolute Gasteiger partial charge is 0 e. The molecule has 0 amide bonds. The molecular formula is C21H25Zr-. The number of hydrogen-bond donors (Lipinski definition) is 0. The molecule has 3 rings (SSSR count). The van der Waals surface area contributed by atoms with Gasteiger partial charge in [0.1, 0.15) is 0 Å². The minimum atomic E-state index is 0. The molecule has 0 radical (unpaired) electrons. The predicted molar refractivity (Wildman–Crippen MR) is 90.9 cm³/mol. The summed E-state index contributed by atoms with van der Waals surface area (Å²) in [6.07, 6.45) is 1.03. The quantitative estimate of drug-likeness (QED) is 0.450. The van der Waals surface area contributed by atoms with Crippen LogP contribution in [0.25, 0.3) is 11.1 Å². The van der Waals surface area contributed by atoms with E-state index in [2.05, 4.69) is 77.9 Å². The van der Waals surface area contributed by atoms with Gasteiger partial charge >= 0.3 is 0 Å². The second kappa shape index (κ2) is 5.75. The summed E-state index contributed by atoms with van der Waals surface area (Å²) >= 11 is 0. The summed E-state index contributed by atoms with van der Waals surface area (Å²) in [5.74, 6) is 0. The topological polar surface area (TPSA) is 0 Å². The van der Waals surface area contributed by atoms with Gasteiger partial charge in [0.15, 0.2) is 0 Å².